The van der Waals surface area contributed by atoms with Gasteiger partial charge in [0.15, 0.2) is 11.5 Å². The number of carbonyl (C=O) groups is 2. The first-order chi connectivity index (χ1) is 14.5. The summed E-state index contributed by atoms with van der Waals surface area (Å²) in [7, 11) is 6.07. The van der Waals surface area contributed by atoms with E-state index in [0.717, 1.165) is 0 Å². The van der Waals surface area contributed by atoms with Gasteiger partial charge in [-0.05, 0) is 24.3 Å². The molecule has 2 aromatic rings. The summed E-state index contributed by atoms with van der Waals surface area (Å²) in [5.41, 5.74) is 0.957. The molecular weight excluding hydrogens is 388 g/mol. The monoisotopic (exact) mass is 414 g/mol. The highest BCUT2D eigenvalue weighted by Gasteiger charge is 2.28. The lowest BCUT2D eigenvalue weighted by Gasteiger charge is -2.35. The second-order valence-electron chi connectivity index (χ2n) is 6.70. The van der Waals surface area contributed by atoms with Crippen LogP contribution in [-0.4, -0.2) is 76.2 Å². The smallest absolute Gasteiger partial charge is 0.257 e. The molecule has 2 aromatic carbocycles. The Hall–Kier alpha value is -3.42. The van der Waals surface area contributed by atoms with Crippen LogP contribution in [0.4, 0.5) is 0 Å². The van der Waals surface area contributed by atoms with Gasteiger partial charge in [0.25, 0.3) is 11.8 Å². The van der Waals surface area contributed by atoms with Crippen molar-refractivity contribution >= 4 is 11.8 Å². The zero-order valence-corrected chi connectivity index (χ0v) is 17.6. The van der Waals surface area contributed by atoms with Crippen molar-refractivity contribution in [3.05, 3.63) is 47.5 Å². The van der Waals surface area contributed by atoms with Crippen molar-refractivity contribution in [3.63, 3.8) is 0 Å². The molecule has 0 aromatic heterocycles. The minimum absolute atomic E-state index is 0.104. The normalized spacial score (nSPS) is 13.6. The largest absolute Gasteiger partial charge is 0.496 e. The fourth-order valence-electron chi connectivity index (χ4n) is 3.49. The summed E-state index contributed by atoms with van der Waals surface area (Å²) in [6, 6.07) is 10.4. The molecular formula is C22H26N2O6. The molecule has 1 aliphatic heterocycles. The van der Waals surface area contributed by atoms with Gasteiger partial charge in [-0.3, -0.25) is 9.59 Å². The van der Waals surface area contributed by atoms with Crippen LogP contribution in [0.2, 0.25) is 0 Å². The standard InChI is InChI=1S/C22H26N2O6/c1-27-17-8-6-5-7-16(17)22(26)24-11-9-23(10-12-24)21(25)15-13-18(28-2)20(30-4)19(14-15)29-3/h5-8,13-14H,9-12H2,1-4H3. The number of para-hydroxylation sites is 1. The molecule has 1 aliphatic rings. The molecule has 0 atom stereocenters. The Bertz CT molecular complexity index is 897. The van der Waals surface area contributed by atoms with Crippen LogP contribution in [0.5, 0.6) is 23.0 Å². The Labute approximate surface area is 175 Å². The summed E-state index contributed by atoms with van der Waals surface area (Å²) in [6.07, 6.45) is 0. The minimum atomic E-state index is -0.154. The summed E-state index contributed by atoms with van der Waals surface area (Å²) in [5, 5.41) is 0. The molecule has 0 bridgehead atoms. The Kier molecular flexibility index (Phi) is 6.66. The molecule has 1 fully saturated rings. The molecule has 0 spiro atoms. The van der Waals surface area contributed by atoms with Gasteiger partial charge < -0.3 is 28.7 Å². The van der Waals surface area contributed by atoms with Gasteiger partial charge in [-0.1, -0.05) is 12.1 Å². The third-order valence-electron chi connectivity index (χ3n) is 5.10. The SMILES string of the molecule is COc1ccccc1C(=O)N1CCN(C(=O)c2cc(OC)c(OC)c(OC)c2)CC1. The summed E-state index contributed by atoms with van der Waals surface area (Å²) in [6.45, 7) is 1.73. The first-order valence-electron chi connectivity index (χ1n) is 9.55. The summed E-state index contributed by atoms with van der Waals surface area (Å²) >= 11 is 0. The lowest BCUT2D eigenvalue weighted by molar-refractivity contribution is 0.0533. The molecule has 30 heavy (non-hydrogen) atoms. The number of methoxy groups -OCH3 is 4. The highest BCUT2D eigenvalue weighted by molar-refractivity contribution is 5.98. The predicted octanol–water partition coefficient (Wildman–Crippen LogP) is 2.32. The first kappa shape index (κ1) is 21.3. The average molecular weight is 414 g/mol. The third kappa shape index (κ3) is 4.12. The molecule has 2 amide bonds. The third-order valence-corrected chi connectivity index (χ3v) is 5.10. The number of ether oxygens (including phenoxy) is 4. The van der Waals surface area contributed by atoms with E-state index in [1.165, 1.54) is 21.3 Å². The van der Waals surface area contributed by atoms with Gasteiger partial charge in [-0.15, -0.1) is 0 Å². The Morgan fingerprint density at radius 2 is 1.20 bits per heavy atom. The van der Waals surface area contributed by atoms with E-state index < -0.39 is 0 Å². The number of rotatable bonds is 6. The van der Waals surface area contributed by atoms with Crippen LogP contribution in [0.25, 0.3) is 0 Å². The van der Waals surface area contributed by atoms with Gasteiger partial charge in [0.1, 0.15) is 5.75 Å². The lowest BCUT2D eigenvalue weighted by atomic mass is 10.1. The summed E-state index contributed by atoms with van der Waals surface area (Å²) in [4.78, 5) is 29.3. The van der Waals surface area contributed by atoms with Crippen molar-refractivity contribution in [2.24, 2.45) is 0 Å². The summed E-state index contributed by atoms with van der Waals surface area (Å²) in [5.74, 6) is 1.56. The van der Waals surface area contributed by atoms with Crippen LogP contribution in [0.3, 0.4) is 0 Å². The molecule has 1 heterocycles. The van der Waals surface area contributed by atoms with Crippen molar-refractivity contribution < 1.29 is 28.5 Å². The number of hydrogen-bond acceptors (Lipinski definition) is 6. The highest BCUT2D eigenvalue weighted by Crippen LogP contribution is 2.38. The van der Waals surface area contributed by atoms with Gasteiger partial charge in [-0.2, -0.15) is 0 Å². The van der Waals surface area contributed by atoms with E-state index >= 15 is 0 Å². The van der Waals surface area contributed by atoms with Gasteiger partial charge >= 0.3 is 0 Å². The Morgan fingerprint density at radius 3 is 1.70 bits per heavy atom. The number of hydrogen-bond donors (Lipinski definition) is 0. The van der Waals surface area contributed by atoms with E-state index in [1.807, 2.05) is 6.07 Å². The van der Waals surface area contributed by atoms with Crippen LogP contribution in [0, 0.1) is 0 Å². The zero-order chi connectivity index (χ0) is 21.7. The zero-order valence-electron chi connectivity index (χ0n) is 17.6. The fraction of sp³-hybridized carbons (Fsp3) is 0.364. The molecule has 0 aliphatic carbocycles. The molecule has 1 saturated heterocycles. The van der Waals surface area contributed by atoms with Crippen molar-refractivity contribution in [1.29, 1.82) is 0 Å². The topological polar surface area (TPSA) is 77.5 Å². The van der Waals surface area contributed by atoms with Crippen molar-refractivity contribution in [2.75, 3.05) is 54.6 Å². The minimum Gasteiger partial charge on any atom is -0.496 e. The number of amides is 2. The van der Waals surface area contributed by atoms with Gasteiger partial charge in [-0.25, -0.2) is 0 Å². The molecule has 0 N–H and O–H groups in total. The number of carbonyl (C=O) groups excluding carboxylic acids is 2. The number of nitrogens with zero attached hydrogens (tertiary/aromatic N) is 2. The Morgan fingerprint density at radius 1 is 0.700 bits per heavy atom. The fourth-order valence-corrected chi connectivity index (χ4v) is 3.49. The van der Waals surface area contributed by atoms with E-state index in [4.69, 9.17) is 18.9 Å². The lowest BCUT2D eigenvalue weighted by Crippen LogP contribution is -2.50. The maximum Gasteiger partial charge on any atom is 0.257 e. The van der Waals surface area contributed by atoms with Gasteiger partial charge in [0.2, 0.25) is 5.75 Å². The molecule has 8 heteroatoms. The molecule has 3 rings (SSSR count). The van der Waals surface area contributed by atoms with E-state index in [-0.39, 0.29) is 11.8 Å². The highest BCUT2D eigenvalue weighted by atomic mass is 16.5. The molecule has 8 nitrogen and oxygen atoms in total. The molecule has 160 valence electrons. The number of piperazine rings is 1. The predicted molar refractivity (Wildman–Crippen MR) is 111 cm³/mol. The van der Waals surface area contributed by atoms with E-state index in [0.29, 0.717) is 60.3 Å². The van der Waals surface area contributed by atoms with Crippen LogP contribution in [0.15, 0.2) is 36.4 Å². The van der Waals surface area contributed by atoms with Gasteiger partial charge in [0.05, 0.1) is 34.0 Å². The van der Waals surface area contributed by atoms with Crippen molar-refractivity contribution in [3.8, 4) is 23.0 Å². The average Bonchev–Trinajstić information content (AvgIpc) is 2.82. The molecule has 0 radical (unpaired) electrons. The summed E-state index contributed by atoms with van der Waals surface area (Å²) < 4.78 is 21.3. The van der Waals surface area contributed by atoms with Gasteiger partial charge in [0, 0.05) is 31.7 Å². The van der Waals surface area contributed by atoms with E-state index in [2.05, 4.69) is 0 Å². The van der Waals surface area contributed by atoms with Crippen LogP contribution in [0.1, 0.15) is 20.7 Å². The van der Waals surface area contributed by atoms with Crippen LogP contribution in [-0.2, 0) is 0 Å². The Balaban J connectivity index is 1.72. The van der Waals surface area contributed by atoms with Crippen molar-refractivity contribution in [1.82, 2.24) is 9.80 Å². The molecule has 0 unspecified atom stereocenters. The van der Waals surface area contributed by atoms with E-state index in [9.17, 15) is 9.59 Å². The second kappa shape index (κ2) is 9.39. The second-order valence-corrected chi connectivity index (χ2v) is 6.70. The van der Waals surface area contributed by atoms with E-state index in [1.54, 1.807) is 47.2 Å². The number of benzene rings is 2. The van der Waals surface area contributed by atoms with Crippen LogP contribution < -0.4 is 18.9 Å². The maximum atomic E-state index is 13.0. The first-order valence-corrected chi connectivity index (χ1v) is 9.55. The molecule has 0 saturated carbocycles. The maximum absolute atomic E-state index is 13.0. The quantitative estimate of drug-likeness (QED) is 0.722. The van der Waals surface area contributed by atoms with Crippen molar-refractivity contribution in [2.45, 2.75) is 0 Å². The van der Waals surface area contributed by atoms with Crippen LogP contribution >= 0.6 is 0 Å².